The van der Waals surface area contributed by atoms with Crippen molar-refractivity contribution in [3.63, 3.8) is 0 Å². The zero-order valence-electron chi connectivity index (χ0n) is 19.2. The maximum atomic E-state index is 12.8. The van der Waals surface area contributed by atoms with E-state index in [0.717, 1.165) is 0 Å². The Balaban J connectivity index is 1.89. The van der Waals surface area contributed by atoms with Gasteiger partial charge in [-0.15, -0.1) is 0 Å². The third-order valence-electron chi connectivity index (χ3n) is 4.78. The minimum Gasteiger partial charge on any atom is -0.492 e. The van der Waals surface area contributed by atoms with Crippen LogP contribution in [0.1, 0.15) is 44.9 Å². The van der Waals surface area contributed by atoms with Gasteiger partial charge in [0, 0.05) is 23.3 Å². The third-order valence-corrected chi connectivity index (χ3v) is 4.78. The Bertz CT molecular complexity index is 1160. The van der Waals surface area contributed by atoms with E-state index < -0.39 is 11.9 Å². The summed E-state index contributed by atoms with van der Waals surface area (Å²) in [7, 11) is 1.29. The van der Waals surface area contributed by atoms with Gasteiger partial charge in [0.15, 0.2) is 0 Å². The van der Waals surface area contributed by atoms with Crippen molar-refractivity contribution in [1.29, 1.82) is 0 Å². The first-order chi connectivity index (χ1) is 16.5. The van der Waals surface area contributed by atoms with E-state index in [9.17, 15) is 14.4 Å². The molecule has 2 N–H and O–H groups in total. The number of anilines is 2. The number of carbonyl (C=O) groups is 3. The molecule has 0 aliphatic heterocycles. The molecule has 0 saturated heterocycles. The molecule has 8 nitrogen and oxygen atoms in total. The molecule has 2 amide bonds. The molecule has 0 saturated carbocycles. The highest BCUT2D eigenvalue weighted by Crippen LogP contribution is 2.37. The average Bonchev–Trinajstić information content (AvgIpc) is 2.86. The fraction of sp³-hybridized carbons (Fsp3) is 0.192. The van der Waals surface area contributed by atoms with E-state index in [1.807, 2.05) is 19.9 Å². The zero-order valence-corrected chi connectivity index (χ0v) is 19.2. The van der Waals surface area contributed by atoms with E-state index in [0.29, 0.717) is 52.8 Å². The Labute approximate surface area is 197 Å². The molecule has 0 fully saturated rings. The van der Waals surface area contributed by atoms with Crippen LogP contribution in [0.2, 0.25) is 0 Å². The van der Waals surface area contributed by atoms with Crippen molar-refractivity contribution in [2.24, 2.45) is 0 Å². The minimum absolute atomic E-state index is 0.300. The molecule has 0 radical (unpaired) electrons. The summed E-state index contributed by atoms with van der Waals surface area (Å²) in [6.07, 6.45) is 0. The van der Waals surface area contributed by atoms with Crippen molar-refractivity contribution < 1.29 is 28.6 Å². The Morgan fingerprint density at radius 2 is 1.12 bits per heavy atom. The first-order valence-corrected chi connectivity index (χ1v) is 10.8. The predicted octanol–water partition coefficient (Wildman–Crippen LogP) is 4.78. The van der Waals surface area contributed by atoms with Gasteiger partial charge in [-0.3, -0.25) is 9.59 Å². The topological polar surface area (TPSA) is 103 Å². The second kappa shape index (κ2) is 11.5. The number of amides is 2. The van der Waals surface area contributed by atoms with Crippen molar-refractivity contribution in [2.45, 2.75) is 13.8 Å². The molecule has 3 aromatic carbocycles. The van der Waals surface area contributed by atoms with E-state index in [2.05, 4.69) is 15.4 Å². The standard InChI is InChI=1S/C26H26N2O6/c1-4-33-22-16-21(28-25(30)18-11-13-19(14-12-18)26(31)32-3)23(34-5-2)15-20(22)27-24(29)17-9-7-6-8-10-17/h6-16H,4-5H2,1-3H3,(H,27,29)(H,28,30). The van der Waals surface area contributed by atoms with Gasteiger partial charge in [-0.1, -0.05) is 18.2 Å². The van der Waals surface area contributed by atoms with Crippen LogP contribution in [0.5, 0.6) is 11.5 Å². The maximum Gasteiger partial charge on any atom is 0.337 e. The number of esters is 1. The molecular weight excluding hydrogens is 436 g/mol. The number of rotatable bonds is 9. The first-order valence-electron chi connectivity index (χ1n) is 10.8. The van der Waals surface area contributed by atoms with Gasteiger partial charge in [0.1, 0.15) is 11.5 Å². The van der Waals surface area contributed by atoms with Crippen molar-refractivity contribution >= 4 is 29.2 Å². The maximum absolute atomic E-state index is 12.8. The number of benzene rings is 3. The Morgan fingerprint density at radius 3 is 1.56 bits per heavy atom. The number of nitrogens with one attached hydrogen (secondary N) is 2. The normalized spacial score (nSPS) is 10.2. The predicted molar refractivity (Wildman–Crippen MR) is 129 cm³/mol. The summed E-state index contributed by atoms with van der Waals surface area (Å²) in [5.41, 5.74) is 1.97. The van der Waals surface area contributed by atoms with Gasteiger partial charge in [-0.25, -0.2) is 4.79 Å². The van der Waals surface area contributed by atoms with Crippen molar-refractivity contribution in [3.8, 4) is 11.5 Å². The molecule has 0 aliphatic carbocycles. The first kappa shape index (κ1) is 24.3. The summed E-state index contributed by atoms with van der Waals surface area (Å²) in [6.45, 7) is 4.33. The van der Waals surface area contributed by atoms with E-state index in [1.54, 1.807) is 36.4 Å². The highest BCUT2D eigenvalue weighted by Gasteiger charge is 2.18. The second-order valence-corrected chi connectivity index (χ2v) is 7.05. The van der Waals surface area contributed by atoms with E-state index in [4.69, 9.17) is 9.47 Å². The highest BCUT2D eigenvalue weighted by atomic mass is 16.5. The van der Waals surface area contributed by atoms with Crippen molar-refractivity contribution in [2.75, 3.05) is 31.0 Å². The summed E-state index contributed by atoms with van der Waals surface area (Å²) < 4.78 is 16.1. The molecule has 0 unspecified atom stereocenters. The lowest BCUT2D eigenvalue weighted by Crippen LogP contribution is -2.16. The molecule has 3 aromatic rings. The molecule has 0 aromatic heterocycles. The van der Waals surface area contributed by atoms with Crippen LogP contribution >= 0.6 is 0 Å². The smallest absolute Gasteiger partial charge is 0.337 e. The summed E-state index contributed by atoms with van der Waals surface area (Å²) in [5, 5.41) is 5.66. The van der Waals surface area contributed by atoms with Gasteiger partial charge < -0.3 is 24.8 Å². The van der Waals surface area contributed by atoms with E-state index in [-0.39, 0.29) is 5.91 Å². The van der Waals surface area contributed by atoms with Crippen LogP contribution in [0, 0.1) is 0 Å². The van der Waals surface area contributed by atoms with Gasteiger partial charge in [0.05, 0.1) is 37.3 Å². The van der Waals surface area contributed by atoms with Crippen molar-refractivity contribution in [1.82, 2.24) is 0 Å². The molecule has 176 valence electrons. The SMILES string of the molecule is CCOc1cc(NC(=O)c2ccc(C(=O)OC)cc2)c(OCC)cc1NC(=O)c1ccccc1. The highest BCUT2D eigenvalue weighted by molar-refractivity contribution is 6.07. The summed E-state index contributed by atoms with van der Waals surface area (Å²) in [4.78, 5) is 37.1. The number of hydrogen-bond donors (Lipinski definition) is 2. The van der Waals surface area contributed by atoms with E-state index in [1.165, 1.54) is 31.4 Å². The summed E-state index contributed by atoms with van der Waals surface area (Å²) >= 11 is 0. The lowest BCUT2D eigenvalue weighted by molar-refractivity contribution is 0.0600. The fourth-order valence-corrected chi connectivity index (χ4v) is 3.16. The molecule has 8 heteroatoms. The van der Waals surface area contributed by atoms with Gasteiger partial charge in [-0.2, -0.15) is 0 Å². The van der Waals surface area contributed by atoms with Crippen LogP contribution in [-0.4, -0.2) is 38.1 Å². The molecule has 0 aliphatic rings. The van der Waals surface area contributed by atoms with Gasteiger partial charge >= 0.3 is 5.97 Å². The summed E-state index contributed by atoms with van der Waals surface area (Å²) in [6, 6.07) is 18.1. The van der Waals surface area contributed by atoms with Crippen LogP contribution < -0.4 is 20.1 Å². The molecule has 0 bridgehead atoms. The van der Waals surface area contributed by atoms with Gasteiger partial charge in [0.2, 0.25) is 0 Å². The Hall–Kier alpha value is -4.33. The molecule has 34 heavy (non-hydrogen) atoms. The lowest BCUT2D eigenvalue weighted by atomic mass is 10.1. The van der Waals surface area contributed by atoms with Crippen LogP contribution in [0.3, 0.4) is 0 Å². The molecule has 0 heterocycles. The monoisotopic (exact) mass is 462 g/mol. The number of carbonyl (C=O) groups excluding carboxylic acids is 3. The quantitative estimate of drug-likeness (QED) is 0.444. The van der Waals surface area contributed by atoms with Crippen molar-refractivity contribution in [3.05, 3.63) is 83.4 Å². The number of hydrogen-bond acceptors (Lipinski definition) is 6. The molecule has 3 rings (SSSR count). The fourth-order valence-electron chi connectivity index (χ4n) is 3.16. The van der Waals surface area contributed by atoms with Crippen LogP contribution in [0.25, 0.3) is 0 Å². The Morgan fingerprint density at radius 1 is 0.676 bits per heavy atom. The second-order valence-electron chi connectivity index (χ2n) is 7.05. The minimum atomic E-state index is -0.486. The van der Waals surface area contributed by atoms with E-state index >= 15 is 0 Å². The molecule has 0 spiro atoms. The zero-order chi connectivity index (χ0) is 24.5. The Kier molecular flexibility index (Phi) is 8.23. The number of ether oxygens (including phenoxy) is 3. The van der Waals surface area contributed by atoms with Gasteiger partial charge in [0.25, 0.3) is 11.8 Å². The average molecular weight is 463 g/mol. The van der Waals surface area contributed by atoms with Crippen LogP contribution in [0.4, 0.5) is 11.4 Å². The lowest BCUT2D eigenvalue weighted by Gasteiger charge is -2.18. The molecule has 0 atom stereocenters. The molecular formula is C26H26N2O6. The number of methoxy groups -OCH3 is 1. The van der Waals surface area contributed by atoms with Crippen LogP contribution in [0.15, 0.2) is 66.7 Å². The largest absolute Gasteiger partial charge is 0.492 e. The van der Waals surface area contributed by atoms with Gasteiger partial charge in [-0.05, 0) is 50.2 Å². The van der Waals surface area contributed by atoms with Crippen LogP contribution in [-0.2, 0) is 4.74 Å². The third kappa shape index (κ3) is 5.92. The summed E-state index contributed by atoms with van der Waals surface area (Å²) in [5.74, 6) is -0.437.